The number of hydrogen-bond donors (Lipinski definition) is 2. The van der Waals surface area contributed by atoms with Crippen LogP contribution in [0.1, 0.15) is 45.1 Å². The van der Waals surface area contributed by atoms with Gasteiger partial charge in [-0.1, -0.05) is 6.07 Å². The first-order valence-corrected chi connectivity index (χ1v) is 8.86. The van der Waals surface area contributed by atoms with Crippen molar-refractivity contribution in [2.24, 2.45) is 4.99 Å². The summed E-state index contributed by atoms with van der Waals surface area (Å²) < 4.78 is 11.0. The summed E-state index contributed by atoms with van der Waals surface area (Å²) in [6, 6.07) is 4.17. The zero-order valence-corrected chi connectivity index (χ0v) is 17.8. The van der Waals surface area contributed by atoms with Crippen molar-refractivity contribution in [2.75, 3.05) is 20.3 Å². The second-order valence-electron chi connectivity index (χ2n) is 6.22. The SMILES string of the molecule is CCNC(=NCc1ccc(OC2CCCC2)nc1)NC(C)COC.I. The van der Waals surface area contributed by atoms with Crippen molar-refractivity contribution < 1.29 is 9.47 Å². The van der Waals surface area contributed by atoms with E-state index in [4.69, 9.17) is 9.47 Å². The molecule has 0 saturated heterocycles. The predicted molar refractivity (Wildman–Crippen MR) is 112 cm³/mol. The molecular formula is C18H31IN4O2. The molecule has 1 fully saturated rings. The van der Waals surface area contributed by atoms with Crippen LogP contribution >= 0.6 is 24.0 Å². The molecule has 2 rings (SSSR count). The molecule has 1 saturated carbocycles. The van der Waals surface area contributed by atoms with Crippen LogP contribution in [0.25, 0.3) is 0 Å². The summed E-state index contributed by atoms with van der Waals surface area (Å²) in [7, 11) is 1.70. The smallest absolute Gasteiger partial charge is 0.213 e. The van der Waals surface area contributed by atoms with Gasteiger partial charge in [0.1, 0.15) is 6.10 Å². The van der Waals surface area contributed by atoms with E-state index in [1.165, 1.54) is 12.8 Å². The summed E-state index contributed by atoms with van der Waals surface area (Å²) >= 11 is 0. The number of guanidine groups is 1. The Morgan fingerprint density at radius 1 is 1.36 bits per heavy atom. The first-order valence-electron chi connectivity index (χ1n) is 8.86. The van der Waals surface area contributed by atoms with Crippen molar-refractivity contribution in [3.8, 4) is 5.88 Å². The van der Waals surface area contributed by atoms with Crippen LogP contribution in [0.3, 0.4) is 0 Å². The molecule has 1 unspecified atom stereocenters. The molecule has 1 aromatic heterocycles. The lowest BCUT2D eigenvalue weighted by Crippen LogP contribution is -2.43. The zero-order chi connectivity index (χ0) is 17.2. The van der Waals surface area contributed by atoms with Gasteiger partial charge < -0.3 is 20.1 Å². The van der Waals surface area contributed by atoms with Crippen molar-refractivity contribution in [2.45, 2.75) is 58.2 Å². The van der Waals surface area contributed by atoms with Crippen molar-refractivity contribution in [3.05, 3.63) is 23.9 Å². The van der Waals surface area contributed by atoms with E-state index in [0.29, 0.717) is 25.1 Å². The Bertz CT molecular complexity index is 504. The fraction of sp³-hybridized carbons (Fsp3) is 0.667. The van der Waals surface area contributed by atoms with Gasteiger partial charge in [-0.05, 0) is 45.1 Å². The van der Waals surface area contributed by atoms with Gasteiger partial charge in [-0.2, -0.15) is 0 Å². The Morgan fingerprint density at radius 3 is 2.72 bits per heavy atom. The molecule has 0 amide bonds. The standard InChI is InChI=1S/C18H30N4O2.HI/c1-4-19-18(22-14(2)13-23-3)21-12-15-9-10-17(20-11-15)24-16-7-5-6-8-16;/h9-11,14,16H,4-8,12-13H2,1-3H3,(H2,19,21,22);1H. The number of hydrogen-bond acceptors (Lipinski definition) is 4. The number of nitrogens with one attached hydrogen (secondary N) is 2. The van der Waals surface area contributed by atoms with E-state index < -0.39 is 0 Å². The number of methoxy groups -OCH3 is 1. The molecule has 1 aliphatic rings. The lowest BCUT2D eigenvalue weighted by molar-refractivity contribution is 0.179. The molecule has 142 valence electrons. The Hall–Kier alpha value is -1.09. The molecule has 2 N–H and O–H groups in total. The quantitative estimate of drug-likeness (QED) is 0.353. The molecule has 0 aliphatic heterocycles. The van der Waals surface area contributed by atoms with Crippen molar-refractivity contribution in [1.29, 1.82) is 0 Å². The van der Waals surface area contributed by atoms with Crippen LogP contribution in [0.4, 0.5) is 0 Å². The fourth-order valence-corrected chi connectivity index (χ4v) is 2.77. The summed E-state index contributed by atoms with van der Waals surface area (Å²) in [6.45, 7) is 6.14. The predicted octanol–water partition coefficient (Wildman–Crippen LogP) is 3.11. The van der Waals surface area contributed by atoms with Gasteiger partial charge in [-0.15, -0.1) is 24.0 Å². The van der Waals surface area contributed by atoms with E-state index in [0.717, 1.165) is 30.9 Å². The molecule has 1 heterocycles. The Balaban J connectivity index is 0.00000312. The maximum absolute atomic E-state index is 5.89. The van der Waals surface area contributed by atoms with E-state index in [-0.39, 0.29) is 30.0 Å². The highest BCUT2D eigenvalue weighted by molar-refractivity contribution is 14.0. The number of nitrogens with zero attached hydrogens (tertiary/aromatic N) is 2. The van der Waals surface area contributed by atoms with Gasteiger partial charge in [0.25, 0.3) is 0 Å². The molecular weight excluding hydrogens is 431 g/mol. The maximum Gasteiger partial charge on any atom is 0.213 e. The minimum Gasteiger partial charge on any atom is -0.474 e. The Labute approximate surface area is 168 Å². The van der Waals surface area contributed by atoms with Crippen molar-refractivity contribution in [3.63, 3.8) is 0 Å². The van der Waals surface area contributed by atoms with Crippen LogP contribution in [-0.4, -0.2) is 43.4 Å². The summed E-state index contributed by atoms with van der Waals surface area (Å²) in [5.41, 5.74) is 1.06. The summed E-state index contributed by atoms with van der Waals surface area (Å²) in [5, 5.41) is 6.56. The third-order valence-electron chi connectivity index (χ3n) is 3.95. The topological polar surface area (TPSA) is 67.8 Å². The number of aliphatic imine (C=N–C) groups is 1. The second kappa shape index (κ2) is 12.3. The van der Waals surface area contributed by atoms with Gasteiger partial charge in [0.15, 0.2) is 5.96 Å². The third kappa shape index (κ3) is 8.22. The van der Waals surface area contributed by atoms with Crippen molar-refractivity contribution in [1.82, 2.24) is 15.6 Å². The number of aromatic nitrogens is 1. The molecule has 25 heavy (non-hydrogen) atoms. The average Bonchev–Trinajstić information content (AvgIpc) is 3.07. The summed E-state index contributed by atoms with van der Waals surface area (Å²) in [6.07, 6.45) is 7.00. The van der Waals surface area contributed by atoms with E-state index in [1.54, 1.807) is 7.11 Å². The summed E-state index contributed by atoms with van der Waals surface area (Å²) in [4.78, 5) is 9.00. The van der Waals surface area contributed by atoms with Crippen LogP contribution in [0.5, 0.6) is 5.88 Å². The maximum atomic E-state index is 5.89. The molecule has 1 aliphatic carbocycles. The first kappa shape index (κ1) is 22.0. The van der Waals surface area contributed by atoms with Gasteiger partial charge in [0.05, 0.1) is 13.2 Å². The van der Waals surface area contributed by atoms with E-state index in [9.17, 15) is 0 Å². The zero-order valence-electron chi connectivity index (χ0n) is 15.5. The van der Waals surface area contributed by atoms with E-state index >= 15 is 0 Å². The average molecular weight is 462 g/mol. The van der Waals surface area contributed by atoms with Crippen LogP contribution in [0.15, 0.2) is 23.3 Å². The molecule has 1 atom stereocenters. The number of halogens is 1. The largest absolute Gasteiger partial charge is 0.474 e. The minimum atomic E-state index is 0. The van der Waals surface area contributed by atoms with Gasteiger partial charge >= 0.3 is 0 Å². The molecule has 0 bridgehead atoms. The Kier molecular flexibility index (Phi) is 10.8. The molecule has 0 aromatic carbocycles. The second-order valence-corrected chi connectivity index (χ2v) is 6.22. The number of pyridine rings is 1. The molecule has 0 radical (unpaired) electrons. The monoisotopic (exact) mass is 462 g/mol. The van der Waals surface area contributed by atoms with Gasteiger partial charge in [-0.3, -0.25) is 0 Å². The van der Waals surface area contributed by atoms with E-state index in [2.05, 4.69) is 34.5 Å². The molecule has 1 aromatic rings. The number of rotatable bonds is 8. The van der Waals surface area contributed by atoms with Crippen LogP contribution in [0, 0.1) is 0 Å². The molecule has 7 heteroatoms. The lowest BCUT2D eigenvalue weighted by atomic mass is 10.3. The van der Waals surface area contributed by atoms with Gasteiger partial charge in [0.2, 0.25) is 5.88 Å². The minimum absolute atomic E-state index is 0. The van der Waals surface area contributed by atoms with Gasteiger partial charge in [0, 0.05) is 32.0 Å². The highest BCUT2D eigenvalue weighted by atomic mass is 127. The first-order chi connectivity index (χ1) is 11.7. The van der Waals surface area contributed by atoms with Crippen LogP contribution in [-0.2, 0) is 11.3 Å². The summed E-state index contributed by atoms with van der Waals surface area (Å²) in [5.74, 6) is 1.50. The third-order valence-corrected chi connectivity index (χ3v) is 3.95. The number of ether oxygens (including phenoxy) is 2. The van der Waals surface area contributed by atoms with E-state index in [1.807, 2.05) is 18.3 Å². The fourth-order valence-electron chi connectivity index (χ4n) is 2.77. The lowest BCUT2D eigenvalue weighted by Gasteiger charge is -2.17. The van der Waals surface area contributed by atoms with Crippen molar-refractivity contribution >= 4 is 29.9 Å². The Morgan fingerprint density at radius 2 is 2.12 bits per heavy atom. The van der Waals surface area contributed by atoms with Crippen LogP contribution in [0.2, 0.25) is 0 Å². The molecule has 0 spiro atoms. The molecule has 6 nitrogen and oxygen atoms in total. The normalized spacial score (nSPS) is 16.2. The van der Waals surface area contributed by atoms with Crippen LogP contribution < -0.4 is 15.4 Å². The highest BCUT2D eigenvalue weighted by Gasteiger charge is 2.16. The van der Waals surface area contributed by atoms with Gasteiger partial charge in [-0.25, -0.2) is 9.98 Å². The highest BCUT2D eigenvalue weighted by Crippen LogP contribution is 2.22.